The first-order valence-electron chi connectivity index (χ1n) is 8.90. The average molecular weight is 424 g/mol. The zero-order valence-corrected chi connectivity index (χ0v) is 17.0. The van der Waals surface area contributed by atoms with Crippen molar-refractivity contribution in [2.45, 2.75) is 25.8 Å². The summed E-state index contributed by atoms with van der Waals surface area (Å²) in [5, 5.41) is 5.86. The van der Waals surface area contributed by atoms with E-state index in [0.717, 1.165) is 0 Å². The van der Waals surface area contributed by atoms with E-state index in [2.05, 4.69) is 10.6 Å². The van der Waals surface area contributed by atoms with Crippen molar-refractivity contribution in [2.75, 3.05) is 19.7 Å². The monoisotopic (exact) mass is 423 g/mol. The number of ether oxygens (including phenoxy) is 1. The van der Waals surface area contributed by atoms with Gasteiger partial charge in [-0.1, -0.05) is 36.7 Å². The fourth-order valence-corrected chi connectivity index (χ4v) is 3.11. The van der Waals surface area contributed by atoms with Crippen molar-refractivity contribution >= 4 is 52.8 Å². The molecule has 1 fully saturated rings. The smallest absolute Gasteiger partial charge is 0.308 e. The Morgan fingerprint density at radius 2 is 2.18 bits per heavy atom. The van der Waals surface area contributed by atoms with Gasteiger partial charge in [0.15, 0.2) is 5.11 Å². The molecule has 1 aromatic rings. The summed E-state index contributed by atoms with van der Waals surface area (Å²) in [7, 11) is 0. The fourth-order valence-electron chi connectivity index (χ4n) is 2.59. The normalized spacial score (nSPS) is 16.6. The molecule has 0 bridgehead atoms. The summed E-state index contributed by atoms with van der Waals surface area (Å²) in [6, 6.07) is 6.28. The van der Waals surface area contributed by atoms with Crippen molar-refractivity contribution in [1.29, 1.82) is 0 Å². The molecule has 2 amide bonds. The van der Waals surface area contributed by atoms with Crippen LogP contribution in [0.25, 0.3) is 6.08 Å². The zero-order valence-electron chi connectivity index (χ0n) is 15.4. The van der Waals surface area contributed by atoms with Gasteiger partial charge in [-0.3, -0.25) is 19.7 Å². The second kappa shape index (κ2) is 10.8. The van der Waals surface area contributed by atoms with Crippen molar-refractivity contribution in [3.63, 3.8) is 0 Å². The maximum absolute atomic E-state index is 12.2. The highest BCUT2D eigenvalue weighted by Gasteiger charge is 2.34. The predicted molar refractivity (Wildman–Crippen MR) is 111 cm³/mol. The van der Waals surface area contributed by atoms with Crippen LogP contribution in [0.15, 0.2) is 30.3 Å². The molecule has 28 heavy (non-hydrogen) atoms. The minimum atomic E-state index is -0.821. The number of carbonyl (C=O) groups is 3. The van der Waals surface area contributed by atoms with Crippen LogP contribution in [0.4, 0.5) is 0 Å². The number of nitrogens with one attached hydrogen (secondary N) is 2. The first-order chi connectivity index (χ1) is 13.4. The molecule has 2 rings (SSSR count). The van der Waals surface area contributed by atoms with Crippen LogP contribution in [-0.2, 0) is 19.1 Å². The Bertz CT molecular complexity index is 784. The Morgan fingerprint density at radius 3 is 2.89 bits per heavy atom. The van der Waals surface area contributed by atoms with Crippen LogP contribution in [0.5, 0.6) is 0 Å². The first kappa shape index (κ1) is 21.8. The lowest BCUT2D eigenvalue weighted by Gasteiger charge is -2.36. The number of hydrogen-bond acceptors (Lipinski definition) is 5. The van der Waals surface area contributed by atoms with E-state index >= 15 is 0 Å². The van der Waals surface area contributed by atoms with Gasteiger partial charge in [-0.2, -0.15) is 0 Å². The molecule has 1 saturated heterocycles. The van der Waals surface area contributed by atoms with Gasteiger partial charge in [0.1, 0.15) is 6.04 Å². The molecule has 1 aliphatic heterocycles. The molecule has 0 saturated carbocycles. The van der Waals surface area contributed by atoms with Crippen molar-refractivity contribution in [3.05, 3.63) is 40.9 Å². The molecule has 1 unspecified atom stereocenters. The van der Waals surface area contributed by atoms with Crippen LogP contribution in [0.1, 0.15) is 25.3 Å². The Hall–Kier alpha value is -2.45. The molecule has 0 aliphatic carbocycles. The summed E-state index contributed by atoms with van der Waals surface area (Å²) < 4.78 is 5.05. The number of benzene rings is 1. The number of thiocarbonyl (C=S) groups is 1. The fraction of sp³-hybridized carbons (Fsp3) is 0.368. The van der Waals surface area contributed by atoms with Crippen molar-refractivity contribution in [2.24, 2.45) is 0 Å². The average Bonchev–Trinajstić information content (AvgIpc) is 2.67. The molecule has 2 N–H and O–H groups in total. The minimum absolute atomic E-state index is 0.0805. The first-order valence-corrected chi connectivity index (χ1v) is 9.68. The quantitative estimate of drug-likeness (QED) is 0.413. The second-order valence-corrected chi connectivity index (χ2v) is 6.87. The molecule has 150 valence electrons. The van der Waals surface area contributed by atoms with Crippen LogP contribution in [0, 0.1) is 0 Å². The van der Waals surface area contributed by atoms with Crippen LogP contribution >= 0.6 is 23.8 Å². The molecule has 1 atom stereocenters. The lowest BCUT2D eigenvalue weighted by Crippen LogP contribution is -2.60. The highest BCUT2D eigenvalue weighted by Crippen LogP contribution is 2.16. The SMILES string of the molecule is CCCOC(=O)CC1C(=O)NCCN1C(=S)NC(=O)C=Cc1ccccc1Cl. The highest BCUT2D eigenvalue weighted by atomic mass is 35.5. The van der Waals surface area contributed by atoms with Gasteiger partial charge in [-0.25, -0.2) is 0 Å². The second-order valence-electron chi connectivity index (χ2n) is 6.07. The molecule has 1 heterocycles. The Labute approximate surface area is 174 Å². The number of esters is 1. The van der Waals surface area contributed by atoms with Gasteiger partial charge < -0.3 is 15.0 Å². The Morgan fingerprint density at radius 1 is 1.43 bits per heavy atom. The molecule has 0 radical (unpaired) electrons. The van der Waals surface area contributed by atoms with Crippen LogP contribution < -0.4 is 10.6 Å². The third kappa shape index (κ3) is 6.31. The number of carbonyl (C=O) groups excluding carboxylic acids is 3. The van der Waals surface area contributed by atoms with E-state index in [1.165, 1.54) is 11.0 Å². The van der Waals surface area contributed by atoms with E-state index in [9.17, 15) is 14.4 Å². The minimum Gasteiger partial charge on any atom is -0.466 e. The summed E-state index contributed by atoms with van der Waals surface area (Å²) in [6.45, 7) is 2.92. The third-order valence-electron chi connectivity index (χ3n) is 3.97. The highest BCUT2D eigenvalue weighted by molar-refractivity contribution is 7.80. The van der Waals surface area contributed by atoms with Gasteiger partial charge in [0, 0.05) is 24.2 Å². The van der Waals surface area contributed by atoms with Crippen LogP contribution in [0.3, 0.4) is 0 Å². The number of nitrogens with zero attached hydrogens (tertiary/aromatic N) is 1. The van der Waals surface area contributed by atoms with Crippen molar-refractivity contribution < 1.29 is 19.1 Å². The molecule has 0 spiro atoms. The zero-order chi connectivity index (χ0) is 20.5. The van der Waals surface area contributed by atoms with Gasteiger partial charge in [-0.15, -0.1) is 0 Å². The number of hydrogen-bond donors (Lipinski definition) is 2. The van der Waals surface area contributed by atoms with E-state index in [0.29, 0.717) is 36.7 Å². The topological polar surface area (TPSA) is 87.7 Å². The molecule has 7 nitrogen and oxygen atoms in total. The predicted octanol–water partition coefficient (Wildman–Crippen LogP) is 1.90. The summed E-state index contributed by atoms with van der Waals surface area (Å²) in [4.78, 5) is 37.8. The summed E-state index contributed by atoms with van der Waals surface area (Å²) >= 11 is 11.3. The molecule has 0 aromatic heterocycles. The van der Waals surface area contributed by atoms with Crippen LogP contribution in [-0.4, -0.2) is 53.5 Å². The Kier molecular flexibility index (Phi) is 8.41. The molecule has 9 heteroatoms. The molecular formula is C19H22ClN3O4S. The summed E-state index contributed by atoms with van der Waals surface area (Å²) in [6.07, 6.45) is 3.43. The van der Waals surface area contributed by atoms with E-state index in [1.807, 2.05) is 13.0 Å². The van der Waals surface area contributed by atoms with Crippen molar-refractivity contribution in [3.8, 4) is 0 Å². The number of amides is 2. The lowest BCUT2D eigenvalue weighted by molar-refractivity contribution is -0.147. The summed E-state index contributed by atoms with van der Waals surface area (Å²) in [5.74, 6) is -1.27. The molecule has 1 aromatic carbocycles. The largest absolute Gasteiger partial charge is 0.466 e. The maximum atomic E-state index is 12.2. The van der Waals surface area contributed by atoms with Gasteiger partial charge in [0.25, 0.3) is 0 Å². The van der Waals surface area contributed by atoms with Gasteiger partial charge in [0.05, 0.1) is 13.0 Å². The van der Waals surface area contributed by atoms with E-state index in [-0.39, 0.29) is 17.4 Å². The van der Waals surface area contributed by atoms with Gasteiger partial charge in [0.2, 0.25) is 11.8 Å². The van der Waals surface area contributed by atoms with Crippen LogP contribution in [0.2, 0.25) is 5.02 Å². The molecular weight excluding hydrogens is 402 g/mol. The van der Waals surface area contributed by atoms with Crippen molar-refractivity contribution in [1.82, 2.24) is 15.5 Å². The molecule has 1 aliphatic rings. The van der Waals surface area contributed by atoms with Gasteiger partial charge >= 0.3 is 5.97 Å². The van der Waals surface area contributed by atoms with E-state index < -0.39 is 17.9 Å². The standard InChI is InChI=1S/C19H22ClN3O4S/c1-2-11-27-17(25)12-15-18(26)21-9-10-23(15)19(28)22-16(24)8-7-13-5-3-4-6-14(13)20/h3-8,15H,2,9-12H2,1H3,(H,21,26)(H,22,24,28). The maximum Gasteiger partial charge on any atom is 0.308 e. The number of rotatable bonds is 6. The van der Waals surface area contributed by atoms with Gasteiger partial charge in [-0.05, 0) is 36.3 Å². The number of halogens is 1. The van der Waals surface area contributed by atoms with E-state index in [1.54, 1.807) is 24.3 Å². The third-order valence-corrected chi connectivity index (χ3v) is 4.65. The summed E-state index contributed by atoms with van der Waals surface area (Å²) in [5.41, 5.74) is 0.694. The lowest BCUT2D eigenvalue weighted by atomic mass is 10.1. The number of piperazine rings is 1. The van der Waals surface area contributed by atoms with E-state index in [4.69, 9.17) is 28.6 Å². The Balaban J connectivity index is 1.99.